The summed E-state index contributed by atoms with van der Waals surface area (Å²) in [7, 11) is -2.40. The fraction of sp³-hybridized carbons (Fsp3) is 0.143. The summed E-state index contributed by atoms with van der Waals surface area (Å²) in [6.07, 6.45) is 0. The molecule has 1 rings (SSSR count). The van der Waals surface area contributed by atoms with Gasteiger partial charge in [0.1, 0.15) is 10.6 Å². The molecule has 72 valence electrons. The fourth-order valence-corrected chi connectivity index (χ4v) is 1.72. The van der Waals surface area contributed by atoms with Crippen molar-refractivity contribution in [1.29, 1.82) is 0 Å². The van der Waals surface area contributed by atoms with Crippen molar-refractivity contribution < 1.29 is 13.2 Å². The molecule has 0 bridgehead atoms. The number of benzene rings is 1. The van der Waals surface area contributed by atoms with E-state index < -0.39 is 10.0 Å². The van der Waals surface area contributed by atoms with E-state index in [1.54, 1.807) is 0 Å². The zero-order chi connectivity index (χ0) is 10.1. The van der Waals surface area contributed by atoms with Crippen LogP contribution < -0.4 is 9.88 Å². The van der Waals surface area contributed by atoms with Crippen LogP contribution in [0.4, 0.5) is 0 Å². The van der Waals surface area contributed by atoms with Crippen LogP contribution in [0.5, 0.6) is 5.75 Å². The molecule has 0 aliphatic heterocycles. The molecule has 0 unspecified atom stereocenters. The maximum Gasteiger partial charge on any atom is 0.241 e. The molecule has 4 nitrogen and oxygen atoms in total. The van der Waals surface area contributed by atoms with E-state index in [2.05, 4.69) is 0 Å². The van der Waals surface area contributed by atoms with E-state index in [1.807, 2.05) is 0 Å². The first-order chi connectivity index (χ1) is 5.95. The molecule has 0 aromatic heterocycles. The number of nitrogens with two attached hydrogens (primary N) is 1. The SMILES string of the molecule is COc1cc(Cl)ccc1S(N)(=O)=O. The van der Waals surface area contributed by atoms with E-state index >= 15 is 0 Å². The van der Waals surface area contributed by atoms with Crippen LogP contribution in [0.1, 0.15) is 0 Å². The van der Waals surface area contributed by atoms with Crippen LogP contribution in [-0.2, 0) is 10.0 Å². The highest BCUT2D eigenvalue weighted by molar-refractivity contribution is 7.89. The lowest BCUT2D eigenvalue weighted by Crippen LogP contribution is -2.13. The van der Waals surface area contributed by atoms with Crippen LogP contribution in [0, 0.1) is 0 Å². The third-order valence-corrected chi connectivity index (χ3v) is 2.62. The monoisotopic (exact) mass is 221 g/mol. The van der Waals surface area contributed by atoms with Gasteiger partial charge in [-0.1, -0.05) is 11.6 Å². The first-order valence-corrected chi connectivity index (χ1v) is 5.24. The third-order valence-electron chi connectivity index (χ3n) is 1.43. The average molecular weight is 222 g/mol. The summed E-state index contributed by atoms with van der Waals surface area (Å²) < 4.78 is 26.8. The van der Waals surface area contributed by atoms with Crippen LogP contribution in [0.2, 0.25) is 5.02 Å². The molecule has 0 amide bonds. The minimum Gasteiger partial charge on any atom is -0.495 e. The number of sulfonamides is 1. The molecule has 1 aromatic rings. The van der Waals surface area contributed by atoms with E-state index in [-0.39, 0.29) is 10.6 Å². The molecule has 0 fully saturated rings. The van der Waals surface area contributed by atoms with E-state index in [0.29, 0.717) is 5.02 Å². The van der Waals surface area contributed by atoms with Gasteiger partial charge in [0, 0.05) is 11.1 Å². The molecule has 0 spiro atoms. The van der Waals surface area contributed by atoms with Gasteiger partial charge in [-0.2, -0.15) is 0 Å². The van der Waals surface area contributed by atoms with Gasteiger partial charge >= 0.3 is 0 Å². The second-order valence-corrected chi connectivity index (χ2v) is 4.31. The predicted octanol–water partition coefficient (Wildman–Crippen LogP) is 0.996. The Bertz CT molecular complexity index is 416. The summed E-state index contributed by atoms with van der Waals surface area (Å²) in [5, 5.41) is 5.33. The minimum atomic E-state index is -3.75. The van der Waals surface area contributed by atoms with Gasteiger partial charge in [-0.15, -0.1) is 0 Å². The number of rotatable bonds is 2. The summed E-state index contributed by atoms with van der Waals surface area (Å²) in [6.45, 7) is 0. The van der Waals surface area contributed by atoms with Crippen molar-refractivity contribution in [2.24, 2.45) is 5.14 Å². The lowest BCUT2D eigenvalue weighted by Gasteiger charge is -2.05. The topological polar surface area (TPSA) is 69.4 Å². The zero-order valence-corrected chi connectivity index (χ0v) is 8.39. The van der Waals surface area contributed by atoms with Gasteiger partial charge in [0.25, 0.3) is 0 Å². The Morgan fingerprint density at radius 1 is 1.46 bits per heavy atom. The molecule has 0 aliphatic carbocycles. The largest absolute Gasteiger partial charge is 0.495 e. The maximum atomic E-state index is 11.0. The summed E-state index contributed by atoms with van der Waals surface area (Å²) in [6, 6.07) is 4.13. The van der Waals surface area contributed by atoms with Gasteiger partial charge in [0.05, 0.1) is 7.11 Å². The van der Waals surface area contributed by atoms with Crippen molar-refractivity contribution in [3.8, 4) is 5.75 Å². The van der Waals surface area contributed by atoms with Crippen molar-refractivity contribution in [2.45, 2.75) is 4.90 Å². The summed E-state index contributed by atoms with van der Waals surface area (Å²) in [5.74, 6) is 0.148. The summed E-state index contributed by atoms with van der Waals surface area (Å²) in [5.41, 5.74) is 0. The number of methoxy groups -OCH3 is 1. The van der Waals surface area contributed by atoms with Crippen molar-refractivity contribution in [1.82, 2.24) is 0 Å². The molecule has 0 saturated heterocycles. The van der Waals surface area contributed by atoms with Crippen LogP contribution >= 0.6 is 11.6 Å². The Balaban J connectivity index is 3.39. The van der Waals surface area contributed by atoms with Crippen LogP contribution in [0.3, 0.4) is 0 Å². The molecule has 13 heavy (non-hydrogen) atoms. The van der Waals surface area contributed by atoms with Gasteiger partial charge in [-0.3, -0.25) is 0 Å². The highest BCUT2D eigenvalue weighted by atomic mass is 35.5. The van der Waals surface area contributed by atoms with Crippen molar-refractivity contribution in [2.75, 3.05) is 7.11 Å². The Kier molecular flexibility index (Phi) is 2.80. The molecule has 1 aromatic carbocycles. The molecule has 2 N–H and O–H groups in total. The van der Waals surface area contributed by atoms with Crippen molar-refractivity contribution in [3.63, 3.8) is 0 Å². The molecule has 0 aliphatic rings. The molecular weight excluding hydrogens is 214 g/mol. The standard InChI is InChI=1S/C7H8ClNO3S/c1-12-6-4-5(8)2-3-7(6)13(9,10)11/h2-4H,1H3,(H2,9,10,11). The zero-order valence-electron chi connectivity index (χ0n) is 6.82. The number of hydrogen-bond donors (Lipinski definition) is 1. The average Bonchev–Trinajstić information content (AvgIpc) is 2.01. The lowest BCUT2D eigenvalue weighted by atomic mass is 10.3. The van der Waals surface area contributed by atoms with E-state index in [1.165, 1.54) is 25.3 Å². The Hall–Kier alpha value is -0.780. The van der Waals surface area contributed by atoms with Crippen LogP contribution in [0.25, 0.3) is 0 Å². The predicted molar refractivity (Wildman–Crippen MR) is 49.4 cm³/mol. The number of ether oxygens (including phenoxy) is 1. The summed E-state index contributed by atoms with van der Waals surface area (Å²) in [4.78, 5) is -0.0700. The van der Waals surface area contributed by atoms with Gasteiger partial charge < -0.3 is 4.74 Å². The molecule has 0 atom stereocenters. The Morgan fingerprint density at radius 2 is 2.08 bits per heavy atom. The second kappa shape index (κ2) is 3.53. The van der Waals surface area contributed by atoms with Gasteiger partial charge in [0.2, 0.25) is 10.0 Å². The lowest BCUT2D eigenvalue weighted by molar-refractivity contribution is 0.403. The van der Waals surface area contributed by atoms with Crippen LogP contribution in [-0.4, -0.2) is 15.5 Å². The maximum absolute atomic E-state index is 11.0. The molecule has 0 radical (unpaired) electrons. The first kappa shape index (κ1) is 10.3. The van der Waals surface area contributed by atoms with Crippen molar-refractivity contribution in [3.05, 3.63) is 23.2 Å². The van der Waals surface area contributed by atoms with Gasteiger partial charge in [0.15, 0.2) is 0 Å². The highest BCUT2D eigenvalue weighted by Crippen LogP contribution is 2.25. The quantitative estimate of drug-likeness (QED) is 0.810. The van der Waals surface area contributed by atoms with E-state index in [0.717, 1.165) is 0 Å². The third kappa shape index (κ3) is 2.33. The van der Waals surface area contributed by atoms with Gasteiger partial charge in [-0.05, 0) is 12.1 Å². The fourth-order valence-electron chi connectivity index (χ4n) is 0.876. The van der Waals surface area contributed by atoms with E-state index in [9.17, 15) is 8.42 Å². The molecule has 0 heterocycles. The number of halogens is 1. The smallest absolute Gasteiger partial charge is 0.241 e. The van der Waals surface area contributed by atoms with Gasteiger partial charge in [-0.25, -0.2) is 13.6 Å². The Morgan fingerprint density at radius 3 is 2.54 bits per heavy atom. The summed E-state index contributed by atoms with van der Waals surface area (Å²) >= 11 is 5.63. The van der Waals surface area contributed by atoms with Crippen molar-refractivity contribution >= 4 is 21.6 Å². The molecule has 6 heteroatoms. The number of hydrogen-bond acceptors (Lipinski definition) is 3. The molecular formula is C7H8ClNO3S. The number of primary sulfonamides is 1. The Labute approximate surface area is 81.3 Å². The van der Waals surface area contributed by atoms with Crippen LogP contribution in [0.15, 0.2) is 23.1 Å². The first-order valence-electron chi connectivity index (χ1n) is 3.31. The normalized spacial score (nSPS) is 11.3. The minimum absolute atomic E-state index is 0.0700. The van der Waals surface area contributed by atoms with E-state index in [4.69, 9.17) is 21.5 Å². The highest BCUT2D eigenvalue weighted by Gasteiger charge is 2.14. The second-order valence-electron chi connectivity index (χ2n) is 2.34. The molecule has 0 saturated carbocycles.